The van der Waals surface area contributed by atoms with Crippen LogP contribution in [0.25, 0.3) is 22.3 Å². The molecule has 0 aromatic heterocycles. The molecule has 3 aromatic carbocycles. The molecule has 1 heteroatoms. The topological polar surface area (TPSA) is 9.23 Å². The minimum absolute atomic E-state index is 0.792. The average Bonchev–Trinajstić information content (AvgIpc) is 3.04. The van der Waals surface area contributed by atoms with E-state index in [1.807, 2.05) is 0 Å². The van der Waals surface area contributed by atoms with Gasteiger partial charge in [-0.25, -0.2) is 0 Å². The summed E-state index contributed by atoms with van der Waals surface area (Å²) >= 11 is 0. The normalized spacial score (nSPS) is 12.8. The van der Waals surface area contributed by atoms with Gasteiger partial charge in [0.2, 0.25) is 0 Å². The van der Waals surface area contributed by atoms with Gasteiger partial charge in [0, 0.05) is 12.0 Å². The monoisotopic (exact) mass is 272 g/mol. The van der Waals surface area contributed by atoms with E-state index in [1.54, 1.807) is 0 Å². The molecular formula is C20H16O. The van der Waals surface area contributed by atoms with E-state index in [0.29, 0.717) is 0 Å². The number of benzene rings is 3. The van der Waals surface area contributed by atoms with Gasteiger partial charge in [0.05, 0.1) is 6.61 Å². The van der Waals surface area contributed by atoms with Gasteiger partial charge in [-0.3, -0.25) is 0 Å². The van der Waals surface area contributed by atoms with Crippen LogP contribution in [0.4, 0.5) is 0 Å². The summed E-state index contributed by atoms with van der Waals surface area (Å²) < 4.78 is 5.71. The summed E-state index contributed by atoms with van der Waals surface area (Å²) in [6.45, 7) is 0.792. The minimum atomic E-state index is 0.792. The van der Waals surface area contributed by atoms with Crippen molar-refractivity contribution in [2.45, 2.75) is 6.42 Å². The molecule has 0 radical (unpaired) electrons. The summed E-state index contributed by atoms with van der Waals surface area (Å²) in [5, 5.41) is 0. The van der Waals surface area contributed by atoms with Crippen molar-refractivity contribution in [3.05, 3.63) is 78.4 Å². The molecule has 1 aliphatic rings. The standard InChI is InChI=1S/C20H16O/c1-2-7-15(8-3-1)16-9-4-5-10-17(16)18-11-6-12-20-19(18)13-14-21-20/h1-12H,13-14H2. The first-order valence-corrected chi connectivity index (χ1v) is 7.33. The Labute approximate surface area is 124 Å². The van der Waals surface area contributed by atoms with Crippen molar-refractivity contribution in [3.63, 3.8) is 0 Å². The van der Waals surface area contributed by atoms with Crippen LogP contribution in [0.3, 0.4) is 0 Å². The molecule has 0 amide bonds. The highest BCUT2D eigenvalue weighted by atomic mass is 16.5. The lowest BCUT2D eigenvalue weighted by atomic mass is 9.91. The maximum Gasteiger partial charge on any atom is 0.123 e. The van der Waals surface area contributed by atoms with Crippen LogP contribution in [-0.4, -0.2) is 6.61 Å². The minimum Gasteiger partial charge on any atom is -0.493 e. The SMILES string of the molecule is c1ccc(-c2ccccc2-c2cccc3c2CCO3)cc1. The lowest BCUT2D eigenvalue weighted by Gasteiger charge is -2.13. The molecule has 1 nitrogen and oxygen atoms in total. The van der Waals surface area contributed by atoms with Crippen LogP contribution in [0.2, 0.25) is 0 Å². The van der Waals surface area contributed by atoms with Crippen molar-refractivity contribution in [1.29, 1.82) is 0 Å². The van der Waals surface area contributed by atoms with E-state index in [0.717, 1.165) is 18.8 Å². The van der Waals surface area contributed by atoms with Crippen molar-refractivity contribution in [2.24, 2.45) is 0 Å². The quantitative estimate of drug-likeness (QED) is 0.641. The first-order chi connectivity index (χ1) is 10.4. The Balaban J connectivity index is 1.93. The van der Waals surface area contributed by atoms with Crippen LogP contribution in [0.15, 0.2) is 72.8 Å². The summed E-state index contributed by atoms with van der Waals surface area (Å²) in [6.07, 6.45) is 0.995. The Hall–Kier alpha value is -2.54. The third-order valence-electron chi connectivity index (χ3n) is 4.04. The zero-order chi connectivity index (χ0) is 14.1. The van der Waals surface area contributed by atoms with Gasteiger partial charge >= 0.3 is 0 Å². The van der Waals surface area contributed by atoms with Crippen molar-refractivity contribution >= 4 is 0 Å². The largest absolute Gasteiger partial charge is 0.493 e. The molecule has 1 heterocycles. The molecule has 21 heavy (non-hydrogen) atoms. The van der Waals surface area contributed by atoms with E-state index in [2.05, 4.69) is 72.8 Å². The predicted octanol–water partition coefficient (Wildman–Crippen LogP) is 4.96. The van der Waals surface area contributed by atoms with Gasteiger partial charge in [0.15, 0.2) is 0 Å². The smallest absolute Gasteiger partial charge is 0.123 e. The van der Waals surface area contributed by atoms with Crippen LogP contribution in [0.1, 0.15) is 5.56 Å². The Kier molecular flexibility index (Phi) is 2.97. The average molecular weight is 272 g/mol. The second kappa shape index (κ2) is 5.10. The van der Waals surface area contributed by atoms with E-state index in [4.69, 9.17) is 4.74 Å². The summed E-state index contributed by atoms with van der Waals surface area (Å²) in [6, 6.07) is 25.5. The predicted molar refractivity (Wildman–Crippen MR) is 86.5 cm³/mol. The van der Waals surface area contributed by atoms with Gasteiger partial charge in [-0.1, -0.05) is 66.7 Å². The Bertz CT molecular complexity index is 775. The summed E-state index contributed by atoms with van der Waals surface area (Å²) in [7, 11) is 0. The van der Waals surface area contributed by atoms with Crippen molar-refractivity contribution in [3.8, 4) is 28.0 Å². The molecule has 4 rings (SSSR count). The molecule has 0 aliphatic carbocycles. The van der Waals surface area contributed by atoms with Crippen molar-refractivity contribution in [1.82, 2.24) is 0 Å². The van der Waals surface area contributed by atoms with Gasteiger partial charge in [-0.05, 0) is 28.3 Å². The molecule has 3 aromatic rings. The van der Waals surface area contributed by atoms with Crippen LogP contribution in [-0.2, 0) is 6.42 Å². The van der Waals surface area contributed by atoms with E-state index >= 15 is 0 Å². The molecule has 0 saturated heterocycles. The Morgan fingerprint density at radius 1 is 0.619 bits per heavy atom. The molecule has 102 valence electrons. The molecule has 1 aliphatic heterocycles. The van der Waals surface area contributed by atoms with E-state index in [1.165, 1.54) is 27.8 Å². The molecular weight excluding hydrogens is 256 g/mol. The molecule has 0 bridgehead atoms. The maximum absolute atomic E-state index is 5.71. The second-order valence-electron chi connectivity index (χ2n) is 5.29. The highest BCUT2D eigenvalue weighted by molar-refractivity contribution is 5.85. The summed E-state index contributed by atoms with van der Waals surface area (Å²) in [5.41, 5.74) is 6.44. The van der Waals surface area contributed by atoms with E-state index in [-0.39, 0.29) is 0 Å². The number of fused-ring (bicyclic) bond motifs is 1. The molecule has 0 atom stereocenters. The van der Waals surface area contributed by atoms with Crippen molar-refractivity contribution in [2.75, 3.05) is 6.61 Å². The van der Waals surface area contributed by atoms with Gasteiger partial charge in [0.1, 0.15) is 5.75 Å². The molecule has 0 unspecified atom stereocenters. The number of hydrogen-bond donors (Lipinski definition) is 0. The van der Waals surface area contributed by atoms with Crippen LogP contribution in [0.5, 0.6) is 5.75 Å². The third kappa shape index (κ3) is 2.11. The zero-order valence-electron chi connectivity index (χ0n) is 11.8. The van der Waals surface area contributed by atoms with E-state index in [9.17, 15) is 0 Å². The van der Waals surface area contributed by atoms with Crippen molar-refractivity contribution < 1.29 is 4.74 Å². The Morgan fingerprint density at radius 3 is 2.19 bits per heavy atom. The van der Waals surface area contributed by atoms with Crippen LogP contribution < -0.4 is 4.74 Å². The number of ether oxygens (including phenoxy) is 1. The highest BCUT2D eigenvalue weighted by Crippen LogP contribution is 2.39. The second-order valence-corrected chi connectivity index (χ2v) is 5.29. The van der Waals surface area contributed by atoms with Crippen LogP contribution in [0, 0.1) is 0 Å². The fraction of sp³-hybridized carbons (Fsp3) is 0.100. The first kappa shape index (κ1) is 12.2. The fourth-order valence-corrected chi connectivity index (χ4v) is 3.06. The Morgan fingerprint density at radius 2 is 1.33 bits per heavy atom. The zero-order valence-corrected chi connectivity index (χ0v) is 11.8. The summed E-state index contributed by atoms with van der Waals surface area (Å²) in [4.78, 5) is 0. The van der Waals surface area contributed by atoms with Gasteiger partial charge < -0.3 is 4.74 Å². The van der Waals surface area contributed by atoms with E-state index < -0.39 is 0 Å². The number of rotatable bonds is 2. The lowest BCUT2D eigenvalue weighted by Crippen LogP contribution is -1.89. The van der Waals surface area contributed by atoms with Gasteiger partial charge in [0.25, 0.3) is 0 Å². The van der Waals surface area contributed by atoms with Gasteiger partial charge in [-0.15, -0.1) is 0 Å². The van der Waals surface area contributed by atoms with Gasteiger partial charge in [-0.2, -0.15) is 0 Å². The maximum atomic E-state index is 5.71. The lowest BCUT2D eigenvalue weighted by molar-refractivity contribution is 0.357. The summed E-state index contributed by atoms with van der Waals surface area (Å²) in [5.74, 6) is 1.04. The molecule has 0 N–H and O–H groups in total. The van der Waals surface area contributed by atoms with Crippen LogP contribution >= 0.6 is 0 Å². The highest BCUT2D eigenvalue weighted by Gasteiger charge is 2.18. The first-order valence-electron chi connectivity index (χ1n) is 7.33. The third-order valence-corrected chi connectivity index (χ3v) is 4.04. The fourth-order valence-electron chi connectivity index (χ4n) is 3.06. The molecule has 0 fully saturated rings. The molecule has 0 saturated carbocycles. The molecule has 0 spiro atoms. The number of hydrogen-bond acceptors (Lipinski definition) is 1.